The zero-order chi connectivity index (χ0) is 30.0. The lowest BCUT2D eigenvalue weighted by atomic mass is 9.83. The smallest absolute Gasteiger partial charge is 0.00884 e. The molecule has 2 unspecified atom stereocenters. The topological polar surface area (TPSA) is 0 Å². The summed E-state index contributed by atoms with van der Waals surface area (Å²) in [6.07, 6.45) is 34.6. The molecule has 0 nitrogen and oxygen atoms in total. The zero-order valence-electron chi connectivity index (χ0n) is 29.4. The largest absolute Gasteiger partial charge is 0.0936 e. The fourth-order valence-corrected chi connectivity index (χ4v) is 10.0. The van der Waals surface area contributed by atoms with Crippen molar-refractivity contribution in [3.05, 3.63) is 0 Å². The Balaban J connectivity index is 3.79. The Bertz CT molecular complexity index is 466. The molecule has 0 aliphatic carbocycles. The third-order valence-corrected chi connectivity index (χ3v) is 12.1. The molecule has 242 valence electrons. The van der Waals surface area contributed by atoms with Crippen LogP contribution in [0.2, 0.25) is 0 Å². The van der Waals surface area contributed by atoms with Gasteiger partial charge in [-0.25, -0.2) is 0 Å². The van der Waals surface area contributed by atoms with Crippen molar-refractivity contribution >= 4 is 21.6 Å². The predicted molar refractivity (Wildman–Crippen MR) is 193 cm³/mol. The van der Waals surface area contributed by atoms with Gasteiger partial charge in [-0.3, -0.25) is 0 Å². The van der Waals surface area contributed by atoms with Gasteiger partial charge in [0.15, 0.2) is 0 Å². The standard InChI is InChI=1S/C38H78S2/c1-9-11-13-15-17-19-21-23-25-27-29-35(3)31-37(5,6)33-39-40-34-38(7,8)32-36(4)30-28-26-24-22-20-18-16-14-12-10-2/h35-36H,9-34H2,1-8H3. The van der Waals surface area contributed by atoms with Crippen molar-refractivity contribution in [3.8, 4) is 0 Å². The van der Waals surface area contributed by atoms with Gasteiger partial charge in [0.05, 0.1) is 0 Å². The van der Waals surface area contributed by atoms with Gasteiger partial charge in [0.1, 0.15) is 0 Å². The minimum Gasteiger partial charge on any atom is -0.0936 e. The molecule has 2 atom stereocenters. The van der Waals surface area contributed by atoms with Gasteiger partial charge in [-0.15, -0.1) is 0 Å². The van der Waals surface area contributed by atoms with E-state index in [1.54, 1.807) is 0 Å². The number of unbranched alkanes of at least 4 members (excludes halogenated alkanes) is 18. The van der Waals surface area contributed by atoms with Crippen LogP contribution in [0.4, 0.5) is 0 Å². The minimum absolute atomic E-state index is 0.461. The maximum absolute atomic E-state index is 2.51. The van der Waals surface area contributed by atoms with Crippen molar-refractivity contribution in [2.45, 2.75) is 209 Å². The van der Waals surface area contributed by atoms with Crippen LogP contribution in [0.25, 0.3) is 0 Å². The Hall–Kier alpha value is 0.700. The van der Waals surface area contributed by atoms with Crippen LogP contribution in [-0.2, 0) is 0 Å². The summed E-state index contributed by atoms with van der Waals surface area (Å²) in [7, 11) is 4.30. The number of rotatable bonds is 31. The summed E-state index contributed by atoms with van der Waals surface area (Å²) >= 11 is 0. The third-order valence-electron chi connectivity index (χ3n) is 8.89. The molecule has 0 bridgehead atoms. The van der Waals surface area contributed by atoms with Crippen molar-refractivity contribution in [2.75, 3.05) is 11.5 Å². The van der Waals surface area contributed by atoms with Gasteiger partial charge in [0, 0.05) is 11.5 Å². The van der Waals surface area contributed by atoms with E-state index in [9.17, 15) is 0 Å². The van der Waals surface area contributed by atoms with Crippen molar-refractivity contribution in [2.24, 2.45) is 22.7 Å². The van der Waals surface area contributed by atoms with Gasteiger partial charge in [0.2, 0.25) is 0 Å². The van der Waals surface area contributed by atoms with Gasteiger partial charge >= 0.3 is 0 Å². The molecule has 0 aromatic rings. The predicted octanol–water partition coefficient (Wildman–Crippen LogP) is 15.1. The molecule has 0 aliphatic rings. The highest BCUT2D eigenvalue weighted by atomic mass is 33.1. The summed E-state index contributed by atoms with van der Waals surface area (Å²) in [5.41, 5.74) is 0.922. The molecule has 0 fully saturated rings. The lowest BCUT2D eigenvalue weighted by Gasteiger charge is -2.30. The number of hydrogen-bond acceptors (Lipinski definition) is 2. The van der Waals surface area contributed by atoms with Crippen LogP contribution in [0.15, 0.2) is 0 Å². The SMILES string of the molecule is CCCCCCCCCCCCC(C)CC(C)(C)CSSCC(C)(C)CC(C)CCCCCCCCCCCC. The fraction of sp³-hybridized carbons (Fsp3) is 1.00. The van der Waals surface area contributed by atoms with Gasteiger partial charge in [-0.2, -0.15) is 0 Å². The first-order valence-corrected chi connectivity index (χ1v) is 20.8. The molecule has 0 radical (unpaired) electrons. The van der Waals surface area contributed by atoms with Crippen LogP contribution in [0, 0.1) is 22.7 Å². The van der Waals surface area contributed by atoms with E-state index < -0.39 is 0 Å². The summed E-state index contributed by atoms with van der Waals surface area (Å²) in [6.45, 7) is 19.7. The normalized spacial score (nSPS) is 14.1. The fourth-order valence-electron chi connectivity index (χ4n) is 6.57. The van der Waals surface area contributed by atoms with E-state index in [1.165, 1.54) is 166 Å². The van der Waals surface area contributed by atoms with Crippen molar-refractivity contribution in [1.29, 1.82) is 0 Å². The minimum atomic E-state index is 0.461. The molecule has 40 heavy (non-hydrogen) atoms. The summed E-state index contributed by atoms with van der Waals surface area (Å²) in [4.78, 5) is 0. The van der Waals surface area contributed by atoms with Crippen LogP contribution < -0.4 is 0 Å². The van der Waals surface area contributed by atoms with Gasteiger partial charge in [-0.1, -0.05) is 218 Å². The number of hydrogen-bond donors (Lipinski definition) is 0. The first-order chi connectivity index (χ1) is 19.1. The average molecular weight is 599 g/mol. The summed E-state index contributed by atoms with van der Waals surface area (Å²) in [5, 5.41) is 0. The Morgan fingerprint density at radius 2 is 0.650 bits per heavy atom. The molecule has 0 spiro atoms. The Labute approximate surface area is 264 Å². The van der Waals surface area contributed by atoms with E-state index in [0.717, 1.165) is 11.8 Å². The molecule has 0 aromatic carbocycles. The Morgan fingerprint density at radius 3 is 0.925 bits per heavy atom. The summed E-state index contributed by atoms with van der Waals surface area (Å²) in [5.74, 6) is 4.34. The second-order valence-electron chi connectivity index (χ2n) is 15.4. The molecule has 0 aliphatic heterocycles. The van der Waals surface area contributed by atoms with Crippen LogP contribution in [0.5, 0.6) is 0 Å². The summed E-state index contributed by atoms with van der Waals surface area (Å²) < 4.78 is 0. The second kappa shape index (κ2) is 27.3. The van der Waals surface area contributed by atoms with Crippen molar-refractivity contribution in [1.82, 2.24) is 0 Å². The van der Waals surface area contributed by atoms with Crippen molar-refractivity contribution < 1.29 is 0 Å². The maximum atomic E-state index is 2.51. The lowest BCUT2D eigenvalue weighted by molar-refractivity contribution is 0.296. The van der Waals surface area contributed by atoms with E-state index in [4.69, 9.17) is 0 Å². The highest BCUT2D eigenvalue weighted by molar-refractivity contribution is 8.76. The van der Waals surface area contributed by atoms with Crippen LogP contribution in [0.3, 0.4) is 0 Å². The maximum Gasteiger partial charge on any atom is 0.00884 e. The second-order valence-corrected chi connectivity index (χ2v) is 17.9. The summed E-state index contributed by atoms with van der Waals surface area (Å²) in [6, 6.07) is 0. The molecular formula is C38H78S2. The van der Waals surface area contributed by atoms with E-state index in [1.807, 2.05) is 0 Å². The van der Waals surface area contributed by atoms with Crippen LogP contribution in [0.1, 0.15) is 209 Å². The molecule has 0 aromatic heterocycles. The molecule has 0 saturated heterocycles. The molecule has 0 N–H and O–H groups in total. The molecule has 0 heterocycles. The highest BCUT2D eigenvalue weighted by Gasteiger charge is 2.24. The highest BCUT2D eigenvalue weighted by Crippen LogP contribution is 2.40. The zero-order valence-corrected chi connectivity index (χ0v) is 31.0. The van der Waals surface area contributed by atoms with Gasteiger partial charge in [-0.05, 0) is 35.5 Å². The van der Waals surface area contributed by atoms with Gasteiger partial charge in [0.25, 0.3) is 0 Å². The van der Waals surface area contributed by atoms with E-state index >= 15 is 0 Å². The Kier molecular flexibility index (Phi) is 27.7. The van der Waals surface area contributed by atoms with E-state index in [-0.39, 0.29) is 0 Å². The first-order valence-electron chi connectivity index (χ1n) is 18.4. The molecular weight excluding hydrogens is 521 g/mol. The molecule has 2 heteroatoms. The molecule has 0 amide bonds. The lowest BCUT2D eigenvalue weighted by Crippen LogP contribution is -2.20. The quantitative estimate of drug-likeness (QED) is 0.0575. The monoisotopic (exact) mass is 599 g/mol. The molecule has 0 saturated carbocycles. The Morgan fingerprint density at radius 1 is 0.400 bits per heavy atom. The third kappa shape index (κ3) is 28.8. The average Bonchev–Trinajstić information content (AvgIpc) is 2.88. The van der Waals surface area contributed by atoms with E-state index in [2.05, 4.69) is 77.0 Å². The van der Waals surface area contributed by atoms with Crippen LogP contribution in [-0.4, -0.2) is 11.5 Å². The van der Waals surface area contributed by atoms with Crippen molar-refractivity contribution in [3.63, 3.8) is 0 Å². The first kappa shape index (κ1) is 40.7. The van der Waals surface area contributed by atoms with Crippen LogP contribution >= 0.6 is 21.6 Å². The van der Waals surface area contributed by atoms with Gasteiger partial charge < -0.3 is 0 Å². The van der Waals surface area contributed by atoms with E-state index in [0.29, 0.717) is 10.8 Å². The molecule has 0 rings (SSSR count).